The number of fused-ring (bicyclic) bond motifs is 1. The lowest BCUT2D eigenvalue weighted by Gasteiger charge is -2.71. The number of nitrogens with zero attached hydrogens (tertiary/aromatic N) is 3. The number of carbonyl (C=O) groups is 5. The minimum Gasteiger partial charge on any atom is -0.467 e. The van der Waals surface area contributed by atoms with E-state index in [2.05, 4.69) is 5.32 Å². The van der Waals surface area contributed by atoms with E-state index in [1.54, 1.807) is 20.8 Å². The van der Waals surface area contributed by atoms with E-state index in [1.807, 2.05) is 30.3 Å². The van der Waals surface area contributed by atoms with E-state index < -0.39 is 58.9 Å². The number of rotatable bonds is 5. The summed E-state index contributed by atoms with van der Waals surface area (Å²) in [6, 6.07) is 6.27. The van der Waals surface area contributed by atoms with Gasteiger partial charge in [-0.15, -0.1) is 0 Å². The summed E-state index contributed by atoms with van der Waals surface area (Å²) in [5, 5.41) is 2.88. The molecule has 3 saturated carbocycles. The van der Waals surface area contributed by atoms with Crippen molar-refractivity contribution in [2.24, 2.45) is 0 Å². The van der Waals surface area contributed by atoms with Crippen LogP contribution in [0.15, 0.2) is 30.3 Å². The molecule has 38 heavy (non-hydrogen) atoms. The fourth-order valence-corrected chi connectivity index (χ4v) is 6.09. The first-order valence-electron chi connectivity index (χ1n) is 12.6. The number of piperazine rings is 1. The number of alkyl carbamates (subject to hydrolysis) is 1. The molecule has 12 nitrogen and oxygen atoms in total. The second kappa shape index (κ2) is 8.88. The molecule has 0 aromatic heterocycles. The van der Waals surface area contributed by atoms with Crippen molar-refractivity contribution in [3.05, 3.63) is 35.9 Å². The van der Waals surface area contributed by atoms with E-state index in [0.29, 0.717) is 19.3 Å². The van der Waals surface area contributed by atoms with E-state index in [4.69, 9.17) is 14.2 Å². The van der Waals surface area contributed by atoms with E-state index >= 15 is 0 Å². The van der Waals surface area contributed by atoms with Crippen LogP contribution in [0.1, 0.15) is 45.6 Å². The smallest absolute Gasteiger partial charge is 0.411 e. The van der Waals surface area contributed by atoms with E-state index in [0.717, 1.165) is 5.56 Å². The van der Waals surface area contributed by atoms with Crippen molar-refractivity contribution in [2.75, 3.05) is 20.2 Å². The largest absolute Gasteiger partial charge is 0.467 e. The molecular formula is C26H32N4O8. The van der Waals surface area contributed by atoms with Gasteiger partial charge in [-0.05, 0) is 45.6 Å². The molecule has 204 valence electrons. The molecule has 5 fully saturated rings. The van der Waals surface area contributed by atoms with Gasteiger partial charge in [-0.3, -0.25) is 14.6 Å². The van der Waals surface area contributed by atoms with Gasteiger partial charge >= 0.3 is 24.2 Å². The van der Waals surface area contributed by atoms with Crippen LogP contribution in [-0.2, 0) is 30.4 Å². The molecule has 12 heteroatoms. The molecule has 1 N–H and O–H groups in total. The lowest BCUT2D eigenvalue weighted by Crippen LogP contribution is -2.84. The lowest BCUT2D eigenvalue weighted by molar-refractivity contribution is -0.173. The van der Waals surface area contributed by atoms with Gasteiger partial charge in [0.15, 0.2) is 6.04 Å². The Kier molecular flexibility index (Phi) is 6.03. The number of urea groups is 1. The molecule has 2 atom stereocenters. The molecule has 2 heterocycles. The third kappa shape index (κ3) is 4.21. The Morgan fingerprint density at radius 2 is 1.71 bits per heavy atom. The molecule has 0 radical (unpaired) electrons. The van der Waals surface area contributed by atoms with Crippen LogP contribution in [0.3, 0.4) is 0 Å². The average molecular weight is 529 g/mol. The highest BCUT2D eigenvalue weighted by atomic mass is 16.6. The summed E-state index contributed by atoms with van der Waals surface area (Å²) in [5.41, 5.74) is -1.23. The molecule has 2 saturated heterocycles. The van der Waals surface area contributed by atoms with Gasteiger partial charge in [-0.1, -0.05) is 30.3 Å². The molecule has 2 bridgehead atoms. The first-order chi connectivity index (χ1) is 17.9. The van der Waals surface area contributed by atoms with Crippen LogP contribution in [0, 0.1) is 0 Å². The predicted octanol–water partition coefficient (Wildman–Crippen LogP) is 2.01. The first kappa shape index (κ1) is 25.8. The third-order valence-electron chi connectivity index (χ3n) is 7.59. The number of methoxy groups -OCH3 is 1. The topological polar surface area (TPSA) is 135 Å². The minimum atomic E-state index is -1.32. The maximum absolute atomic E-state index is 13.6. The zero-order valence-corrected chi connectivity index (χ0v) is 21.9. The average Bonchev–Trinajstić information content (AvgIpc) is 3.07. The number of benzene rings is 1. The van der Waals surface area contributed by atoms with Crippen LogP contribution in [0.25, 0.3) is 0 Å². The fourth-order valence-electron chi connectivity index (χ4n) is 6.09. The Morgan fingerprint density at radius 1 is 1.05 bits per heavy atom. The molecule has 2 aliphatic heterocycles. The van der Waals surface area contributed by atoms with E-state index in [9.17, 15) is 24.0 Å². The fraction of sp³-hybridized carbons (Fsp3) is 0.577. The zero-order valence-electron chi connectivity index (χ0n) is 21.9. The number of hydrogen-bond donors (Lipinski definition) is 1. The van der Waals surface area contributed by atoms with Gasteiger partial charge in [-0.2, -0.15) is 0 Å². The highest BCUT2D eigenvalue weighted by molar-refractivity contribution is 6.08. The Labute approximate surface area is 220 Å². The Bertz CT molecular complexity index is 1160. The second-order valence-corrected chi connectivity index (χ2v) is 11.5. The van der Waals surface area contributed by atoms with Crippen LogP contribution in [-0.4, -0.2) is 93.8 Å². The van der Waals surface area contributed by atoms with Gasteiger partial charge in [0.05, 0.1) is 18.2 Å². The Morgan fingerprint density at radius 3 is 2.32 bits per heavy atom. The highest BCUT2D eigenvalue weighted by Gasteiger charge is 2.76. The standard InChI is InChI=1S/C26H32N4O8/c1-24(2,3)38-23(35)29-11-10-28-17(18(29)20(32)36-4)19(31)30(22(28)34)26-13-25(14-26,15-26)27-21(33)37-12-16-8-6-5-7-9-16/h5-9,17-18H,10-15H2,1-4H3,(H,27,33)/t17-,18-,25?,26?/m0/s1. The number of carbonyl (C=O) groups excluding carboxylic acids is 5. The Hall–Kier alpha value is -3.83. The molecule has 5 amide bonds. The summed E-state index contributed by atoms with van der Waals surface area (Å²) in [7, 11) is 1.17. The molecule has 3 aliphatic carbocycles. The van der Waals surface area contributed by atoms with Gasteiger partial charge in [-0.25, -0.2) is 19.2 Å². The molecule has 0 unspecified atom stereocenters. The van der Waals surface area contributed by atoms with Crippen LogP contribution in [0.4, 0.5) is 14.4 Å². The highest BCUT2D eigenvalue weighted by Crippen LogP contribution is 2.64. The maximum Gasteiger partial charge on any atom is 0.411 e. The first-order valence-corrected chi connectivity index (χ1v) is 12.6. The quantitative estimate of drug-likeness (QED) is 0.348. The van der Waals surface area contributed by atoms with Crippen molar-refractivity contribution in [1.29, 1.82) is 0 Å². The maximum atomic E-state index is 13.6. The summed E-state index contributed by atoms with van der Waals surface area (Å²) in [4.78, 5) is 68.8. The second-order valence-electron chi connectivity index (χ2n) is 11.5. The number of esters is 1. The molecule has 1 aromatic rings. The zero-order chi connectivity index (χ0) is 27.5. The number of ether oxygens (including phenoxy) is 3. The van der Waals surface area contributed by atoms with Gasteiger partial charge in [0.1, 0.15) is 18.2 Å². The van der Waals surface area contributed by atoms with Gasteiger partial charge in [0.25, 0.3) is 5.91 Å². The van der Waals surface area contributed by atoms with Gasteiger partial charge < -0.3 is 24.4 Å². The lowest BCUT2D eigenvalue weighted by atomic mass is 9.43. The van der Waals surface area contributed by atoms with Crippen molar-refractivity contribution in [1.82, 2.24) is 20.0 Å². The summed E-state index contributed by atoms with van der Waals surface area (Å²) in [5.74, 6) is -1.36. The normalized spacial score (nSPS) is 29.6. The van der Waals surface area contributed by atoms with Crippen molar-refractivity contribution in [2.45, 2.75) is 75.4 Å². The Balaban J connectivity index is 1.26. The van der Waals surface area contributed by atoms with Crippen molar-refractivity contribution in [3.63, 3.8) is 0 Å². The van der Waals surface area contributed by atoms with Crippen LogP contribution < -0.4 is 5.32 Å². The molecular weight excluding hydrogens is 496 g/mol. The summed E-state index contributed by atoms with van der Waals surface area (Å²) in [6.45, 7) is 5.32. The SMILES string of the molecule is COC(=O)[C@@H]1[C@H]2C(=O)N(C34CC(NC(=O)OCc5ccccc5)(C3)C4)C(=O)N2CCN1C(=O)OC(C)(C)C. The van der Waals surface area contributed by atoms with Gasteiger partial charge in [0.2, 0.25) is 0 Å². The summed E-state index contributed by atoms with van der Waals surface area (Å²) >= 11 is 0. The number of nitrogens with one attached hydrogen (secondary N) is 1. The molecule has 5 aliphatic rings. The van der Waals surface area contributed by atoms with Crippen molar-refractivity contribution < 1.29 is 38.2 Å². The number of imide groups is 1. The van der Waals surface area contributed by atoms with Crippen LogP contribution in [0.5, 0.6) is 0 Å². The van der Waals surface area contributed by atoms with E-state index in [-0.39, 0.29) is 19.7 Å². The molecule has 6 rings (SSSR count). The monoisotopic (exact) mass is 528 g/mol. The van der Waals surface area contributed by atoms with Crippen molar-refractivity contribution >= 4 is 30.1 Å². The van der Waals surface area contributed by atoms with Crippen LogP contribution in [0.2, 0.25) is 0 Å². The third-order valence-corrected chi connectivity index (χ3v) is 7.59. The van der Waals surface area contributed by atoms with E-state index in [1.165, 1.54) is 21.8 Å². The van der Waals surface area contributed by atoms with Crippen molar-refractivity contribution in [3.8, 4) is 0 Å². The number of hydrogen-bond acceptors (Lipinski definition) is 8. The summed E-state index contributed by atoms with van der Waals surface area (Å²) < 4.78 is 15.7. The predicted molar refractivity (Wildman–Crippen MR) is 131 cm³/mol. The minimum absolute atomic E-state index is 0.0176. The summed E-state index contributed by atoms with van der Waals surface area (Å²) in [6.07, 6.45) is -0.114. The molecule has 0 spiro atoms. The van der Waals surface area contributed by atoms with Crippen LogP contribution >= 0.6 is 0 Å². The number of amides is 5. The van der Waals surface area contributed by atoms with Gasteiger partial charge in [0, 0.05) is 13.1 Å². The molecule has 1 aromatic carbocycles.